The van der Waals surface area contributed by atoms with Gasteiger partial charge in [-0.1, -0.05) is 18.7 Å². The zero-order valence-corrected chi connectivity index (χ0v) is 11.3. The van der Waals surface area contributed by atoms with E-state index >= 15 is 0 Å². The second kappa shape index (κ2) is 6.15. The quantitative estimate of drug-likeness (QED) is 0.666. The zero-order chi connectivity index (χ0) is 13.0. The standard InChI is InChI=1S/C15H24FN/c1-6-14(16)15(11(2)3)13-7-9-17(10-8-13)12(4)5/h6,12-13H,1-2,7-10H2,3-5H3/b15-14-. The summed E-state index contributed by atoms with van der Waals surface area (Å²) in [5.74, 6) is 0.112. The summed E-state index contributed by atoms with van der Waals surface area (Å²) in [5.41, 5.74) is 1.62. The van der Waals surface area contributed by atoms with Crippen molar-refractivity contribution in [2.75, 3.05) is 13.1 Å². The second-order valence-corrected chi connectivity index (χ2v) is 5.15. The highest BCUT2D eigenvalue weighted by Gasteiger charge is 2.25. The second-order valence-electron chi connectivity index (χ2n) is 5.15. The van der Waals surface area contributed by atoms with Crippen LogP contribution in [0, 0.1) is 5.92 Å². The molecule has 0 aliphatic carbocycles. The molecule has 2 heteroatoms. The molecular formula is C15H24FN. The van der Waals surface area contributed by atoms with E-state index in [2.05, 4.69) is 31.9 Å². The van der Waals surface area contributed by atoms with Crippen LogP contribution in [0.5, 0.6) is 0 Å². The minimum atomic E-state index is -0.194. The Morgan fingerprint density at radius 2 is 1.88 bits per heavy atom. The predicted octanol–water partition coefficient (Wildman–Crippen LogP) is 4.09. The number of rotatable bonds is 4. The number of likely N-dealkylation sites (tertiary alicyclic amines) is 1. The molecule has 0 aromatic carbocycles. The third-order valence-electron chi connectivity index (χ3n) is 3.56. The van der Waals surface area contributed by atoms with Gasteiger partial charge in [0, 0.05) is 6.04 Å². The van der Waals surface area contributed by atoms with E-state index in [1.807, 2.05) is 6.92 Å². The molecule has 1 fully saturated rings. The largest absolute Gasteiger partial charge is 0.301 e. The van der Waals surface area contributed by atoms with E-state index in [1.165, 1.54) is 6.08 Å². The molecule has 1 aliphatic heterocycles. The Kier molecular flexibility index (Phi) is 5.13. The van der Waals surface area contributed by atoms with Crippen molar-refractivity contribution in [1.82, 2.24) is 4.90 Å². The van der Waals surface area contributed by atoms with Crippen LogP contribution in [-0.4, -0.2) is 24.0 Å². The van der Waals surface area contributed by atoms with E-state index < -0.39 is 0 Å². The van der Waals surface area contributed by atoms with Gasteiger partial charge in [-0.15, -0.1) is 0 Å². The maximum absolute atomic E-state index is 13.8. The SMILES string of the molecule is C=C/C(F)=C(\C(=C)C)C1CCN(C(C)C)CC1. The van der Waals surface area contributed by atoms with Crippen LogP contribution >= 0.6 is 0 Å². The zero-order valence-electron chi connectivity index (χ0n) is 11.3. The van der Waals surface area contributed by atoms with Gasteiger partial charge in [0.2, 0.25) is 0 Å². The molecule has 0 N–H and O–H groups in total. The Labute approximate surface area is 105 Å². The molecule has 0 radical (unpaired) electrons. The van der Waals surface area contributed by atoms with Gasteiger partial charge < -0.3 is 4.90 Å². The third kappa shape index (κ3) is 3.53. The summed E-state index contributed by atoms with van der Waals surface area (Å²) < 4.78 is 13.8. The first-order valence-corrected chi connectivity index (χ1v) is 6.39. The molecule has 0 saturated carbocycles. The van der Waals surface area contributed by atoms with Crippen molar-refractivity contribution in [1.29, 1.82) is 0 Å². The monoisotopic (exact) mass is 237 g/mol. The van der Waals surface area contributed by atoms with Crippen molar-refractivity contribution in [3.63, 3.8) is 0 Å². The van der Waals surface area contributed by atoms with Gasteiger partial charge in [0.05, 0.1) is 0 Å². The summed E-state index contributed by atoms with van der Waals surface area (Å²) in [4.78, 5) is 2.44. The van der Waals surface area contributed by atoms with Crippen LogP contribution in [0.3, 0.4) is 0 Å². The van der Waals surface area contributed by atoms with Crippen molar-refractivity contribution >= 4 is 0 Å². The molecule has 0 spiro atoms. The smallest absolute Gasteiger partial charge is 0.126 e. The van der Waals surface area contributed by atoms with Crippen LogP contribution < -0.4 is 0 Å². The van der Waals surface area contributed by atoms with Gasteiger partial charge in [-0.2, -0.15) is 0 Å². The Balaban J connectivity index is 2.75. The lowest BCUT2D eigenvalue weighted by Gasteiger charge is -2.35. The lowest BCUT2D eigenvalue weighted by molar-refractivity contribution is 0.161. The minimum absolute atomic E-state index is 0.194. The van der Waals surface area contributed by atoms with Crippen LogP contribution in [-0.2, 0) is 0 Å². The molecular weight excluding hydrogens is 213 g/mol. The van der Waals surface area contributed by atoms with E-state index in [4.69, 9.17) is 0 Å². The number of hydrogen-bond acceptors (Lipinski definition) is 1. The van der Waals surface area contributed by atoms with Gasteiger partial charge in [-0.25, -0.2) is 4.39 Å². The van der Waals surface area contributed by atoms with Crippen molar-refractivity contribution in [2.24, 2.45) is 5.92 Å². The number of allylic oxidation sites excluding steroid dienone is 4. The Hall–Kier alpha value is -0.890. The molecule has 96 valence electrons. The van der Waals surface area contributed by atoms with Crippen molar-refractivity contribution in [3.05, 3.63) is 36.2 Å². The first-order chi connectivity index (χ1) is 7.97. The van der Waals surface area contributed by atoms with Crippen molar-refractivity contribution in [3.8, 4) is 0 Å². The predicted molar refractivity (Wildman–Crippen MR) is 72.6 cm³/mol. The van der Waals surface area contributed by atoms with Gasteiger partial charge in [0.15, 0.2) is 0 Å². The lowest BCUT2D eigenvalue weighted by atomic mass is 9.85. The molecule has 0 bridgehead atoms. The fraction of sp³-hybridized carbons (Fsp3) is 0.600. The van der Waals surface area contributed by atoms with Gasteiger partial charge in [-0.3, -0.25) is 0 Å². The molecule has 1 saturated heterocycles. The van der Waals surface area contributed by atoms with E-state index in [9.17, 15) is 4.39 Å². The summed E-state index contributed by atoms with van der Waals surface area (Å²) in [7, 11) is 0. The molecule has 17 heavy (non-hydrogen) atoms. The maximum atomic E-state index is 13.8. The van der Waals surface area contributed by atoms with Crippen LogP contribution in [0.2, 0.25) is 0 Å². The van der Waals surface area contributed by atoms with Crippen LogP contribution in [0.25, 0.3) is 0 Å². The Morgan fingerprint density at radius 1 is 1.35 bits per heavy atom. The average molecular weight is 237 g/mol. The summed E-state index contributed by atoms with van der Waals surface area (Å²) in [5, 5.41) is 0. The lowest BCUT2D eigenvalue weighted by Crippen LogP contribution is -2.39. The first kappa shape index (κ1) is 14.2. The summed E-state index contributed by atoms with van der Waals surface area (Å²) in [6.07, 6.45) is 3.34. The summed E-state index contributed by atoms with van der Waals surface area (Å²) in [6.45, 7) is 15.8. The van der Waals surface area contributed by atoms with E-state index in [0.717, 1.165) is 37.1 Å². The van der Waals surface area contributed by atoms with E-state index in [-0.39, 0.29) is 5.83 Å². The van der Waals surface area contributed by atoms with E-state index in [0.29, 0.717) is 12.0 Å². The highest BCUT2D eigenvalue weighted by atomic mass is 19.1. The molecule has 1 heterocycles. The van der Waals surface area contributed by atoms with Gasteiger partial charge >= 0.3 is 0 Å². The van der Waals surface area contributed by atoms with E-state index in [1.54, 1.807) is 0 Å². The van der Waals surface area contributed by atoms with Gasteiger partial charge in [-0.05, 0) is 64.3 Å². The first-order valence-electron chi connectivity index (χ1n) is 6.39. The Bertz CT molecular complexity index is 320. The maximum Gasteiger partial charge on any atom is 0.126 e. The summed E-state index contributed by atoms with van der Waals surface area (Å²) in [6, 6.07) is 0.581. The molecule has 0 aromatic heterocycles. The molecule has 0 atom stereocenters. The molecule has 1 aliphatic rings. The van der Waals surface area contributed by atoms with Crippen molar-refractivity contribution < 1.29 is 4.39 Å². The number of piperidine rings is 1. The van der Waals surface area contributed by atoms with Gasteiger partial charge in [0.25, 0.3) is 0 Å². The van der Waals surface area contributed by atoms with Crippen LogP contribution in [0.1, 0.15) is 33.6 Å². The highest BCUT2D eigenvalue weighted by Crippen LogP contribution is 2.32. The number of nitrogens with zero attached hydrogens (tertiary/aromatic N) is 1. The third-order valence-corrected chi connectivity index (χ3v) is 3.56. The van der Waals surface area contributed by atoms with Crippen molar-refractivity contribution in [2.45, 2.75) is 39.7 Å². The molecule has 0 aromatic rings. The fourth-order valence-electron chi connectivity index (χ4n) is 2.56. The van der Waals surface area contributed by atoms with Crippen LogP contribution in [0.4, 0.5) is 4.39 Å². The highest BCUT2D eigenvalue weighted by molar-refractivity contribution is 5.35. The minimum Gasteiger partial charge on any atom is -0.301 e. The normalized spacial score (nSPS) is 20.3. The number of halogens is 1. The van der Waals surface area contributed by atoms with Gasteiger partial charge in [0.1, 0.15) is 5.83 Å². The topological polar surface area (TPSA) is 3.24 Å². The fourth-order valence-corrected chi connectivity index (χ4v) is 2.56. The molecule has 0 unspecified atom stereocenters. The Morgan fingerprint density at radius 3 is 2.24 bits per heavy atom. The molecule has 1 nitrogen and oxygen atoms in total. The summed E-state index contributed by atoms with van der Waals surface area (Å²) >= 11 is 0. The average Bonchev–Trinajstić information content (AvgIpc) is 2.29. The number of hydrogen-bond donors (Lipinski definition) is 0. The molecule has 0 amide bonds. The van der Waals surface area contributed by atoms with Crippen LogP contribution in [0.15, 0.2) is 36.2 Å². The molecule has 1 rings (SSSR count).